The fourth-order valence-corrected chi connectivity index (χ4v) is 6.46. The molecule has 0 saturated heterocycles. The van der Waals surface area contributed by atoms with Crippen LogP contribution in [-0.4, -0.2) is 11.9 Å². The van der Waals surface area contributed by atoms with E-state index in [0.717, 1.165) is 57.8 Å². The molecule has 0 saturated carbocycles. The minimum absolute atomic E-state index is 0.105. The first kappa shape index (κ1) is 45.6. The van der Waals surface area contributed by atoms with Crippen LogP contribution in [0.1, 0.15) is 239 Å². The summed E-state index contributed by atoms with van der Waals surface area (Å²) in [4.78, 5) is 25.5. The molecule has 3 nitrogen and oxygen atoms in total. The molecular formula is C44H82O3. The lowest BCUT2D eigenvalue weighted by molar-refractivity contribution is -0.163. The fourth-order valence-electron chi connectivity index (χ4n) is 6.46. The van der Waals surface area contributed by atoms with Crippen molar-refractivity contribution in [3.8, 4) is 0 Å². The molecule has 0 rings (SSSR count). The van der Waals surface area contributed by atoms with E-state index in [1.54, 1.807) is 0 Å². The third-order valence-electron chi connectivity index (χ3n) is 9.69. The molecule has 47 heavy (non-hydrogen) atoms. The number of hydrogen-bond acceptors (Lipinski definition) is 3. The molecule has 0 fully saturated rings. The summed E-state index contributed by atoms with van der Waals surface area (Å²) < 4.78 is 5.40. The van der Waals surface area contributed by atoms with Crippen molar-refractivity contribution in [3.05, 3.63) is 24.3 Å². The zero-order valence-corrected chi connectivity index (χ0v) is 32.2. The molecule has 1 unspecified atom stereocenters. The van der Waals surface area contributed by atoms with E-state index in [1.807, 2.05) is 0 Å². The Morgan fingerprint density at radius 3 is 1.21 bits per heavy atom. The molecule has 0 N–H and O–H groups in total. The molecule has 0 heterocycles. The van der Waals surface area contributed by atoms with Gasteiger partial charge in [-0.2, -0.15) is 0 Å². The van der Waals surface area contributed by atoms with Crippen molar-refractivity contribution in [2.45, 2.75) is 239 Å². The van der Waals surface area contributed by atoms with Gasteiger partial charge in [0, 0.05) is 6.42 Å². The number of carbonyl (C=O) groups excluding carboxylic acids is 2. The van der Waals surface area contributed by atoms with E-state index in [2.05, 4.69) is 45.1 Å². The Labute approximate surface area is 294 Å². The quantitative estimate of drug-likeness (QED) is 0.0289. The Morgan fingerprint density at radius 2 is 0.766 bits per heavy atom. The summed E-state index contributed by atoms with van der Waals surface area (Å²) in [5.74, 6) is -0.664. The Bertz CT molecular complexity index is 709. The van der Waals surface area contributed by atoms with Crippen LogP contribution in [0.5, 0.6) is 0 Å². The maximum atomic E-state index is 13.0. The molecule has 3 heteroatoms. The van der Waals surface area contributed by atoms with Crippen molar-refractivity contribution >= 4 is 11.9 Å². The van der Waals surface area contributed by atoms with Gasteiger partial charge in [0.2, 0.25) is 0 Å². The first-order valence-electron chi connectivity index (χ1n) is 21.2. The molecular weight excluding hydrogens is 576 g/mol. The minimum atomic E-state index is -0.311. The van der Waals surface area contributed by atoms with Gasteiger partial charge in [0.15, 0.2) is 0 Å². The van der Waals surface area contributed by atoms with Crippen LogP contribution < -0.4 is 0 Å². The molecule has 0 bridgehead atoms. The van der Waals surface area contributed by atoms with Crippen LogP contribution in [-0.2, 0) is 14.3 Å². The van der Waals surface area contributed by atoms with Gasteiger partial charge >= 0.3 is 11.9 Å². The molecule has 0 aromatic heterocycles. The van der Waals surface area contributed by atoms with Crippen molar-refractivity contribution < 1.29 is 14.3 Å². The van der Waals surface area contributed by atoms with Gasteiger partial charge in [-0.05, 0) is 51.4 Å². The van der Waals surface area contributed by atoms with Gasteiger partial charge in [-0.25, -0.2) is 0 Å². The van der Waals surface area contributed by atoms with Crippen molar-refractivity contribution in [2.75, 3.05) is 0 Å². The summed E-state index contributed by atoms with van der Waals surface area (Å²) >= 11 is 0. The molecule has 0 spiro atoms. The average molecular weight is 659 g/mol. The monoisotopic (exact) mass is 659 g/mol. The van der Waals surface area contributed by atoms with Gasteiger partial charge in [-0.3, -0.25) is 9.59 Å². The molecule has 0 aliphatic rings. The van der Waals surface area contributed by atoms with Crippen molar-refractivity contribution in [2.24, 2.45) is 5.92 Å². The predicted octanol–water partition coefficient (Wildman–Crippen LogP) is 15.1. The zero-order valence-electron chi connectivity index (χ0n) is 32.2. The highest BCUT2D eigenvalue weighted by Crippen LogP contribution is 2.22. The first-order valence-corrected chi connectivity index (χ1v) is 21.2. The number of ether oxygens (including phenoxy) is 1. The Kier molecular flexibility index (Phi) is 37.9. The van der Waals surface area contributed by atoms with E-state index in [-0.39, 0.29) is 17.9 Å². The molecule has 1 atom stereocenters. The topological polar surface area (TPSA) is 43.4 Å². The lowest BCUT2D eigenvalue weighted by atomic mass is 9.94. The van der Waals surface area contributed by atoms with Crippen LogP contribution >= 0.6 is 0 Å². The van der Waals surface area contributed by atoms with Gasteiger partial charge in [0.1, 0.15) is 0 Å². The van der Waals surface area contributed by atoms with E-state index in [1.165, 1.54) is 154 Å². The second-order valence-corrected chi connectivity index (χ2v) is 14.4. The Hall–Kier alpha value is -1.38. The highest BCUT2D eigenvalue weighted by atomic mass is 16.6. The highest BCUT2D eigenvalue weighted by molar-refractivity contribution is 5.86. The van der Waals surface area contributed by atoms with Gasteiger partial charge < -0.3 is 4.74 Å². The van der Waals surface area contributed by atoms with Gasteiger partial charge in [0.25, 0.3) is 0 Å². The van der Waals surface area contributed by atoms with Crippen LogP contribution in [0.2, 0.25) is 0 Å². The number of hydrogen-bond donors (Lipinski definition) is 0. The summed E-state index contributed by atoms with van der Waals surface area (Å²) in [6.07, 6.45) is 50.2. The number of unbranched alkanes of at least 4 members (excludes halogenated alkanes) is 26. The normalized spacial score (nSPS) is 12.4. The Morgan fingerprint density at radius 1 is 0.426 bits per heavy atom. The van der Waals surface area contributed by atoms with E-state index < -0.39 is 0 Å². The standard InChI is InChI=1S/C44H82O3/c1-4-7-10-13-16-18-20-22-24-26-28-30-32-35-38-41-43(45)47-44(46)42(39-36-33-15-12-9-6-3)40-37-34-31-29-27-25-23-21-19-17-14-11-8-5-2/h16,18,22,24,42H,4-15,17,19-21,23,25-41H2,1-3H3/b18-16-,24-22-. The van der Waals surface area contributed by atoms with Crippen LogP contribution in [0, 0.1) is 5.92 Å². The lowest BCUT2D eigenvalue weighted by Gasteiger charge is -2.15. The third-order valence-corrected chi connectivity index (χ3v) is 9.69. The van der Waals surface area contributed by atoms with E-state index in [4.69, 9.17) is 4.74 Å². The molecule has 0 radical (unpaired) electrons. The predicted molar refractivity (Wildman–Crippen MR) is 207 cm³/mol. The summed E-state index contributed by atoms with van der Waals surface area (Å²) in [5, 5.41) is 0. The number of esters is 2. The third kappa shape index (κ3) is 35.7. The fraction of sp³-hybridized carbons (Fsp3) is 0.864. The van der Waals surface area contributed by atoms with Crippen LogP contribution in [0.4, 0.5) is 0 Å². The second kappa shape index (κ2) is 39.1. The van der Waals surface area contributed by atoms with E-state index in [9.17, 15) is 9.59 Å². The second-order valence-electron chi connectivity index (χ2n) is 14.4. The highest BCUT2D eigenvalue weighted by Gasteiger charge is 2.22. The lowest BCUT2D eigenvalue weighted by Crippen LogP contribution is -2.21. The average Bonchev–Trinajstić information content (AvgIpc) is 3.07. The molecule has 0 aliphatic carbocycles. The van der Waals surface area contributed by atoms with Crippen molar-refractivity contribution in [3.63, 3.8) is 0 Å². The number of carbonyl (C=O) groups is 2. The van der Waals surface area contributed by atoms with E-state index >= 15 is 0 Å². The van der Waals surface area contributed by atoms with Gasteiger partial charge in [0.05, 0.1) is 5.92 Å². The molecule has 0 amide bonds. The number of allylic oxidation sites excluding steroid dienone is 4. The van der Waals surface area contributed by atoms with E-state index in [0.29, 0.717) is 6.42 Å². The number of rotatable bonds is 37. The Balaban J connectivity index is 4.07. The summed E-state index contributed by atoms with van der Waals surface area (Å²) in [5.41, 5.74) is 0. The van der Waals surface area contributed by atoms with Crippen molar-refractivity contribution in [1.29, 1.82) is 0 Å². The smallest absolute Gasteiger partial charge is 0.316 e. The largest absolute Gasteiger partial charge is 0.393 e. The minimum Gasteiger partial charge on any atom is -0.393 e. The maximum absolute atomic E-state index is 13.0. The summed E-state index contributed by atoms with van der Waals surface area (Å²) in [7, 11) is 0. The van der Waals surface area contributed by atoms with Crippen molar-refractivity contribution in [1.82, 2.24) is 0 Å². The van der Waals surface area contributed by atoms with Crippen LogP contribution in [0.15, 0.2) is 24.3 Å². The summed E-state index contributed by atoms with van der Waals surface area (Å²) in [6, 6.07) is 0. The summed E-state index contributed by atoms with van der Waals surface area (Å²) in [6.45, 7) is 6.78. The van der Waals surface area contributed by atoms with Gasteiger partial charge in [-0.15, -0.1) is 0 Å². The van der Waals surface area contributed by atoms with Crippen LogP contribution in [0.25, 0.3) is 0 Å². The molecule has 276 valence electrons. The molecule has 0 aliphatic heterocycles. The zero-order chi connectivity index (χ0) is 34.3. The SMILES string of the molecule is CCCCC/C=C\C/C=C\CCCCCCCC(=O)OC(=O)C(CCCCCCCC)CCCCCCCCCCCCCCCC. The maximum Gasteiger partial charge on any atom is 0.316 e. The molecule has 0 aromatic carbocycles. The van der Waals surface area contributed by atoms with Crippen LogP contribution in [0.3, 0.4) is 0 Å². The van der Waals surface area contributed by atoms with Gasteiger partial charge in [-0.1, -0.05) is 206 Å². The molecule has 0 aromatic rings. The first-order chi connectivity index (χ1) is 23.2.